The molecule has 0 unspecified atom stereocenters. The number of benzene rings is 1. The molecular weight excluding hydrogens is 326 g/mol. The van der Waals surface area contributed by atoms with Gasteiger partial charge in [0, 0.05) is 31.5 Å². The Morgan fingerprint density at radius 3 is 2.73 bits per heavy atom. The van der Waals surface area contributed by atoms with E-state index in [1.54, 1.807) is 0 Å². The van der Waals surface area contributed by atoms with E-state index < -0.39 is 0 Å². The van der Waals surface area contributed by atoms with E-state index in [-0.39, 0.29) is 11.5 Å². The summed E-state index contributed by atoms with van der Waals surface area (Å²) in [7, 11) is 0. The molecule has 1 aromatic carbocycles. The van der Waals surface area contributed by atoms with Gasteiger partial charge in [-0.2, -0.15) is 0 Å². The molecule has 0 aliphatic carbocycles. The molecule has 0 bridgehead atoms. The summed E-state index contributed by atoms with van der Waals surface area (Å²) < 4.78 is 5.76. The van der Waals surface area contributed by atoms with Crippen molar-refractivity contribution >= 4 is 16.9 Å². The van der Waals surface area contributed by atoms with Gasteiger partial charge in [-0.15, -0.1) is 0 Å². The number of imidazole rings is 1. The third kappa shape index (κ3) is 3.37. The Kier molecular flexibility index (Phi) is 4.51. The molecule has 140 valence electrons. The Labute approximate surface area is 155 Å². The van der Waals surface area contributed by atoms with Crippen molar-refractivity contribution in [3.05, 3.63) is 29.6 Å². The molecule has 0 spiro atoms. The summed E-state index contributed by atoms with van der Waals surface area (Å²) >= 11 is 0. The number of amides is 1. The Bertz CT molecular complexity index is 803. The van der Waals surface area contributed by atoms with Crippen molar-refractivity contribution in [3.8, 4) is 0 Å². The maximum Gasteiger partial charge on any atom is 0.225 e. The Morgan fingerprint density at radius 2 is 2.04 bits per heavy atom. The molecule has 1 atom stereocenters. The number of piperidine rings is 1. The van der Waals surface area contributed by atoms with E-state index >= 15 is 0 Å². The van der Waals surface area contributed by atoms with Crippen LogP contribution in [0.4, 0.5) is 0 Å². The lowest BCUT2D eigenvalue weighted by Crippen LogP contribution is -2.46. The molecule has 1 amide bonds. The van der Waals surface area contributed by atoms with Crippen LogP contribution >= 0.6 is 0 Å². The van der Waals surface area contributed by atoms with Crippen molar-refractivity contribution in [1.82, 2.24) is 14.9 Å². The van der Waals surface area contributed by atoms with Gasteiger partial charge in [-0.25, -0.2) is 4.98 Å². The van der Waals surface area contributed by atoms with Gasteiger partial charge >= 0.3 is 0 Å². The Hall–Kier alpha value is -1.88. The topological polar surface area (TPSA) is 58.2 Å². The first-order valence-electron chi connectivity index (χ1n) is 9.81. The summed E-state index contributed by atoms with van der Waals surface area (Å²) in [6.45, 7) is 8.63. The predicted molar refractivity (Wildman–Crippen MR) is 102 cm³/mol. The average molecular weight is 355 g/mol. The number of aromatic nitrogens is 2. The van der Waals surface area contributed by atoms with Crippen molar-refractivity contribution in [2.45, 2.75) is 58.0 Å². The fourth-order valence-electron chi connectivity index (χ4n) is 4.46. The number of aryl methyl sites for hydroxylation is 1. The number of hydrogen-bond donors (Lipinski definition) is 1. The first-order chi connectivity index (χ1) is 12.4. The van der Waals surface area contributed by atoms with Gasteiger partial charge in [0.25, 0.3) is 0 Å². The molecule has 1 aromatic heterocycles. The van der Waals surface area contributed by atoms with Crippen molar-refractivity contribution < 1.29 is 9.53 Å². The summed E-state index contributed by atoms with van der Waals surface area (Å²) in [5.41, 5.74) is 3.22. The monoisotopic (exact) mass is 355 g/mol. The number of para-hydroxylation sites is 1. The van der Waals surface area contributed by atoms with Gasteiger partial charge in [0.05, 0.1) is 16.6 Å². The minimum atomic E-state index is -0.178. The van der Waals surface area contributed by atoms with Crippen LogP contribution in [-0.2, 0) is 9.53 Å². The van der Waals surface area contributed by atoms with Crippen molar-refractivity contribution in [3.63, 3.8) is 0 Å². The maximum absolute atomic E-state index is 12.9. The van der Waals surface area contributed by atoms with Crippen LogP contribution in [0.5, 0.6) is 0 Å². The predicted octanol–water partition coefficient (Wildman–Crippen LogP) is 3.78. The molecule has 2 aliphatic rings. The first-order valence-corrected chi connectivity index (χ1v) is 9.81. The number of carbonyl (C=O) groups is 1. The summed E-state index contributed by atoms with van der Waals surface area (Å²) in [5.74, 6) is 1.93. The Balaban J connectivity index is 1.40. The van der Waals surface area contributed by atoms with Crippen LogP contribution in [0, 0.1) is 12.8 Å². The number of carbonyl (C=O) groups excluding carboxylic acids is 1. The van der Waals surface area contributed by atoms with E-state index in [0.717, 1.165) is 55.6 Å². The van der Waals surface area contributed by atoms with E-state index in [9.17, 15) is 4.79 Å². The molecule has 4 rings (SSSR count). The molecular formula is C21H29N3O2. The van der Waals surface area contributed by atoms with Crippen LogP contribution in [0.15, 0.2) is 18.2 Å². The number of H-pyrrole nitrogens is 1. The lowest BCUT2D eigenvalue weighted by molar-refractivity contribution is -0.146. The Morgan fingerprint density at radius 1 is 1.27 bits per heavy atom. The van der Waals surface area contributed by atoms with E-state index in [1.807, 2.05) is 0 Å². The number of hydrogen-bond acceptors (Lipinski definition) is 3. The van der Waals surface area contributed by atoms with E-state index in [4.69, 9.17) is 9.72 Å². The highest BCUT2D eigenvalue weighted by Crippen LogP contribution is 2.33. The third-order valence-corrected chi connectivity index (χ3v) is 5.97. The highest BCUT2D eigenvalue weighted by molar-refractivity contribution is 5.79. The lowest BCUT2D eigenvalue weighted by Gasteiger charge is -2.39. The highest BCUT2D eigenvalue weighted by Gasteiger charge is 2.36. The van der Waals surface area contributed by atoms with Crippen LogP contribution in [0.1, 0.15) is 56.8 Å². The second-order valence-corrected chi connectivity index (χ2v) is 8.49. The molecule has 2 saturated heterocycles. The lowest BCUT2D eigenvalue weighted by atomic mass is 9.86. The summed E-state index contributed by atoms with van der Waals surface area (Å²) in [5, 5.41) is 0. The largest absolute Gasteiger partial charge is 0.376 e. The third-order valence-electron chi connectivity index (χ3n) is 5.97. The fraction of sp³-hybridized carbons (Fsp3) is 0.619. The molecule has 3 heterocycles. The van der Waals surface area contributed by atoms with Crippen molar-refractivity contribution in [1.29, 1.82) is 0 Å². The number of nitrogens with one attached hydrogen (secondary N) is 1. The molecule has 5 nitrogen and oxygen atoms in total. The number of likely N-dealkylation sites (tertiary alicyclic amines) is 1. The zero-order valence-corrected chi connectivity index (χ0v) is 16.0. The zero-order chi connectivity index (χ0) is 18.3. The molecule has 2 fully saturated rings. The SMILES string of the molecule is Cc1cccc2[nH]c(C3CCN(C(=O)[C@H]4CCOC(C)(C)C4)CC3)nc12. The standard InChI is InChI=1S/C21H29N3O2/c1-14-5-4-6-17-18(14)23-19(22-17)15-7-10-24(11-8-15)20(25)16-9-12-26-21(2,3)13-16/h4-6,15-16H,7-13H2,1-3H3,(H,22,23)/t16-/m0/s1. The van der Waals surface area contributed by atoms with Crippen LogP contribution in [-0.4, -0.2) is 46.1 Å². The molecule has 5 heteroatoms. The minimum Gasteiger partial charge on any atom is -0.376 e. The average Bonchev–Trinajstić information content (AvgIpc) is 3.06. The van der Waals surface area contributed by atoms with Gasteiger partial charge < -0.3 is 14.6 Å². The summed E-state index contributed by atoms with van der Waals surface area (Å²) in [6.07, 6.45) is 3.65. The quantitative estimate of drug-likeness (QED) is 0.892. The van der Waals surface area contributed by atoms with Crippen LogP contribution < -0.4 is 0 Å². The molecule has 26 heavy (non-hydrogen) atoms. The van der Waals surface area contributed by atoms with Gasteiger partial charge in [0.2, 0.25) is 5.91 Å². The smallest absolute Gasteiger partial charge is 0.225 e. The second kappa shape index (κ2) is 6.69. The zero-order valence-electron chi connectivity index (χ0n) is 16.0. The van der Waals surface area contributed by atoms with Gasteiger partial charge in [-0.1, -0.05) is 12.1 Å². The van der Waals surface area contributed by atoms with E-state index in [0.29, 0.717) is 18.4 Å². The van der Waals surface area contributed by atoms with Gasteiger partial charge in [-0.05, 0) is 58.1 Å². The minimum absolute atomic E-state index is 0.115. The number of rotatable bonds is 2. The summed E-state index contributed by atoms with van der Waals surface area (Å²) in [6, 6.07) is 6.25. The van der Waals surface area contributed by atoms with Crippen LogP contribution in [0.25, 0.3) is 11.0 Å². The molecule has 2 aliphatic heterocycles. The van der Waals surface area contributed by atoms with Gasteiger partial charge in [-0.3, -0.25) is 4.79 Å². The van der Waals surface area contributed by atoms with E-state index in [1.165, 1.54) is 5.56 Å². The summed E-state index contributed by atoms with van der Waals surface area (Å²) in [4.78, 5) is 23.3. The van der Waals surface area contributed by atoms with Crippen molar-refractivity contribution in [2.75, 3.05) is 19.7 Å². The molecule has 0 radical (unpaired) electrons. The first kappa shape index (κ1) is 17.5. The van der Waals surface area contributed by atoms with Crippen LogP contribution in [0.3, 0.4) is 0 Å². The second-order valence-electron chi connectivity index (χ2n) is 8.49. The molecule has 0 saturated carbocycles. The fourth-order valence-corrected chi connectivity index (χ4v) is 4.46. The normalized spacial score (nSPS) is 24.1. The number of aromatic amines is 1. The number of nitrogens with zero attached hydrogens (tertiary/aromatic N) is 2. The van der Waals surface area contributed by atoms with E-state index in [2.05, 4.69) is 48.9 Å². The van der Waals surface area contributed by atoms with Crippen molar-refractivity contribution in [2.24, 2.45) is 5.92 Å². The van der Waals surface area contributed by atoms with Crippen LogP contribution in [0.2, 0.25) is 0 Å². The van der Waals surface area contributed by atoms with Gasteiger partial charge in [0.15, 0.2) is 0 Å². The van der Waals surface area contributed by atoms with Gasteiger partial charge in [0.1, 0.15) is 5.82 Å². The number of fused-ring (bicyclic) bond motifs is 1. The highest BCUT2D eigenvalue weighted by atomic mass is 16.5. The molecule has 2 aromatic rings. The number of ether oxygens (including phenoxy) is 1. The molecule has 1 N–H and O–H groups in total. The maximum atomic E-state index is 12.9.